The zero-order valence-corrected chi connectivity index (χ0v) is 13.0. The fourth-order valence-electron chi connectivity index (χ4n) is 1.87. The van der Waals surface area contributed by atoms with Gasteiger partial charge in [0.2, 0.25) is 0 Å². The SMILES string of the molecule is CC(O)(CNC(=O)c1ccc(F)cc1)c1ccc(Br)cc1. The van der Waals surface area contributed by atoms with Crippen LogP contribution >= 0.6 is 15.9 Å². The first-order chi connectivity index (χ1) is 9.88. The van der Waals surface area contributed by atoms with Gasteiger partial charge < -0.3 is 10.4 Å². The Labute approximate surface area is 130 Å². The minimum absolute atomic E-state index is 0.0604. The monoisotopic (exact) mass is 351 g/mol. The summed E-state index contributed by atoms with van der Waals surface area (Å²) in [5, 5.41) is 13.1. The van der Waals surface area contributed by atoms with Gasteiger partial charge in [0.15, 0.2) is 0 Å². The van der Waals surface area contributed by atoms with Crippen molar-refractivity contribution in [3.8, 4) is 0 Å². The molecule has 5 heteroatoms. The number of rotatable bonds is 4. The Hall–Kier alpha value is -1.72. The van der Waals surface area contributed by atoms with Crippen LogP contribution in [0.15, 0.2) is 53.0 Å². The number of hydrogen-bond donors (Lipinski definition) is 2. The Bertz CT molecular complexity index is 624. The molecule has 0 aliphatic heterocycles. The molecule has 21 heavy (non-hydrogen) atoms. The summed E-state index contributed by atoms with van der Waals surface area (Å²) >= 11 is 3.33. The highest BCUT2D eigenvalue weighted by molar-refractivity contribution is 9.10. The Morgan fingerprint density at radius 1 is 1.19 bits per heavy atom. The summed E-state index contributed by atoms with van der Waals surface area (Å²) in [6.07, 6.45) is 0. The molecule has 2 rings (SSSR count). The van der Waals surface area contributed by atoms with Crippen LogP contribution in [-0.2, 0) is 5.60 Å². The lowest BCUT2D eigenvalue weighted by atomic mass is 9.96. The van der Waals surface area contributed by atoms with Gasteiger partial charge >= 0.3 is 0 Å². The first kappa shape index (κ1) is 15.7. The van der Waals surface area contributed by atoms with Crippen LogP contribution in [0.4, 0.5) is 4.39 Å². The van der Waals surface area contributed by atoms with E-state index in [2.05, 4.69) is 21.2 Å². The Kier molecular flexibility index (Phi) is 4.75. The predicted molar refractivity (Wildman–Crippen MR) is 82.4 cm³/mol. The number of carbonyl (C=O) groups excluding carboxylic acids is 1. The predicted octanol–water partition coefficient (Wildman–Crippen LogP) is 3.23. The van der Waals surface area contributed by atoms with E-state index >= 15 is 0 Å². The van der Waals surface area contributed by atoms with Gasteiger partial charge in [-0.05, 0) is 48.9 Å². The Morgan fingerprint density at radius 2 is 1.76 bits per heavy atom. The highest BCUT2D eigenvalue weighted by Crippen LogP contribution is 2.22. The molecule has 0 radical (unpaired) electrons. The molecule has 1 unspecified atom stereocenters. The molecular formula is C16H15BrFNO2. The Balaban J connectivity index is 2.02. The van der Waals surface area contributed by atoms with E-state index in [1.165, 1.54) is 24.3 Å². The van der Waals surface area contributed by atoms with Crippen LogP contribution in [0.5, 0.6) is 0 Å². The molecule has 3 nitrogen and oxygen atoms in total. The minimum atomic E-state index is -1.18. The van der Waals surface area contributed by atoms with Gasteiger partial charge in [0, 0.05) is 10.0 Å². The minimum Gasteiger partial charge on any atom is -0.384 e. The first-order valence-corrected chi connectivity index (χ1v) is 7.20. The van der Waals surface area contributed by atoms with Gasteiger partial charge in [0.1, 0.15) is 11.4 Å². The molecular weight excluding hydrogens is 337 g/mol. The van der Waals surface area contributed by atoms with Crippen LogP contribution < -0.4 is 5.32 Å². The molecule has 1 atom stereocenters. The van der Waals surface area contributed by atoms with Crippen molar-refractivity contribution in [1.29, 1.82) is 0 Å². The summed E-state index contributed by atoms with van der Waals surface area (Å²) in [4.78, 5) is 11.9. The average molecular weight is 352 g/mol. The molecule has 0 bridgehead atoms. The summed E-state index contributed by atoms with van der Waals surface area (Å²) in [7, 11) is 0. The van der Waals surface area contributed by atoms with Crippen molar-refractivity contribution >= 4 is 21.8 Å². The lowest BCUT2D eigenvalue weighted by Crippen LogP contribution is -2.38. The van der Waals surface area contributed by atoms with Crippen molar-refractivity contribution in [1.82, 2.24) is 5.32 Å². The molecule has 0 fully saturated rings. The van der Waals surface area contributed by atoms with Crippen LogP contribution in [0.3, 0.4) is 0 Å². The quantitative estimate of drug-likeness (QED) is 0.888. The smallest absolute Gasteiger partial charge is 0.251 e. The fourth-order valence-corrected chi connectivity index (χ4v) is 2.13. The van der Waals surface area contributed by atoms with Gasteiger partial charge in [-0.15, -0.1) is 0 Å². The summed E-state index contributed by atoms with van der Waals surface area (Å²) in [6.45, 7) is 1.69. The molecule has 1 amide bonds. The highest BCUT2D eigenvalue weighted by Gasteiger charge is 2.23. The van der Waals surface area contributed by atoms with Gasteiger partial charge in [-0.2, -0.15) is 0 Å². The lowest BCUT2D eigenvalue weighted by Gasteiger charge is -2.24. The number of aliphatic hydroxyl groups is 1. The van der Waals surface area contributed by atoms with E-state index in [1.807, 2.05) is 12.1 Å². The largest absolute Gasteiger partial charge is 0.384 e. The van der Waals surface area contributed by atoms with E-state index < -0.39 is 11.4 Å². The summed E-state index contributed by atoms with van der Waals surface area (Å²) in [6, 6.07) is 12.5. The molecule has 0 spiro atoms. The zero-order chi connectivity index (χ0) is 15.5. The molecule has 110 valence electrons. The second-order valence-corrected chi connectivity index (χ2v) is 5.89. The van der Waals surface area contributed by atoms with Crippen molar-refractivity contribution in [2.24, 2.45) is 0 Å². The summed E-state index contributed by atoms with van der Waals surface area (Å²) in [5.74, 6) is -0.749. The van der Waals surface area contributed by atoms with E-state index in [9.17, 15) is 14.3 Å². The van der Waals surface area contributed by atoms with Crippen molar-refractivity contribution in [3.63, 3.8) is 0 Å². The molecule has 0 aliphatic rings. The van der Waals surface area contributed by atoms with Crippen LogP contribution in [0.1, 0.15) is 22.8 Å². The molecule has 0 aliphatic carbocycles. The zero-order valence-electron chi connectivity index (χ0n) is 11.4. The molecule has 2 aromatic carbocycles. The number of nitrogens with one attached hydrogen (secondary N) is 1. The standard InChI is InChI=1S/C16H15BrFNO2/c1-16(21,12-4-6-13(17)7-5-12)10-19-15(20)11-2-8-14(18)9-3-11/h2-9,21H,10H2,1H3,(H,19,20). The van der Waals surface area contributed by atoms with Crippen LogP contribution in [0, 0.1) is 5.82 Å². The fraction of sp³-hybridized carbons (Fsp3) is 0.188. The number of benzene rings is 2. The second kappa shape index (κ2) is 6.37. The maximum atomic E-state index is 12.8. The van der Waals surface area contributed by atoms with Crippen molar-refractivity contribution in [2.45, 2.75) is 12.5 Å². The molecule has 2 N–H and O–H groups in total. The van der Waals surface area contributed by atoms with Crippen molar-refractivity contribution in [2.75, 3.05) is 6.54 Å². The number of halogens is 2. The van der Waals surface area contributed by atoms with Crippen molar-refractivity contribution < 1.29 is 14.3 Å². The molecule has 0 aromatic heterocycles. The number of hydrogen-bond acceptors (Lipinski definition) is 2. The average Bonchev–Trinajstić information content (AvgIpc) is 2.46. The van der Waals surface area contributed by atoms with Gasteiger partial charge in [-0.3, -0.25) is 4.79 Å². The van der Waals surface area contributed by atoms with E-state index in [-0.39, 0.29) is 12.5 Å². The van der Waals surface area contributed by atoms with Gasteiger partial charge in [-0.25, -0.2) is 4.39 Å². The normalized spacial score (nSPS) is 13.5. The van der Waals surface area contributed by atoms with Gasteiger partial charge in [-0.1, -0.05) is 28.1 Å². The van der Waals surface area contributed by atoms with Crippen LogP contribution in [0.2, 0.25) is 0 Å². The number of amides is 1. The third kappa shape index (κ3) is 4.12. The topological polar surface area (TPSA) is 49.3 Å². The molecule has 0 saturated heterocycles. The van der Waals surface area contributed by atoms with Crippen molar-refractivity contribution in [3.05, 3.63) is 69.9 Å². The maximum absolute atomic E-state index is 12.8. The lowest BCUT2D eigenvalue weighted by molar-refractivity contribution is 0.0526. The van der Waals surface area contributed by atoms with Crippen LogP contribution in [0.25, 0.3) is 0 Å². The van der Waals surface area contributed by atoms with Gasteiger partial charge in [0.25, 0.3) is 5.91 Å². The van der Waals surface area contributed by atoms with E-state index in [0.29, 0.717) is 11.1 Å². The molecule has 2 aromatic rings. The van der Waals surface area contributed by atoms with E-state index in [1.54, 1.807) is 19.1 Å². The molecule has 0 heterocycles. The second-order valence-electron chi connectivity index (χ2n) is 4.97. The third-order valence-corrected chi connectivity index (χ3v) is 3.69. The number of carbonyl (C=O) groups is 1. The van der Waals surface area contributed by atoms with E-state index in [4.69, 9.17) is 0 Å². The summed E-state index contributed by atoms with van der Waals surface area (Å²) in [5.41, 5.74) is -0.135. The summed E-state index contributed by atoms with van der Waals surface area (Å²) < 4.78 is 13.7. The first-order valence-electron chi connectivity index (χ1n) is 6.41. The third-order valence-electron chi connectivity index (χ3n) is 3.17. The highest BCUT2D eigenvalue weighted by atomic mass is 79.9. The van der Waals surface area contributed by atoms with Crippen LogP contribution in [-0.4, -0.2) is 17.6 Å². The Morgan fingerprint density at radius 3 is 2.33 bits per heavy atom. The maximum Gasteiger partial charge on any atom is 0.251 e. The molecule has 0 saturated carbocycles. The van der Waals surface area contributed by atoms with Gasteiger partial charge in [0.05, 0.1) is 6.54 Å². The van der Waals surface area contributed by atoms with E-state index in [0.717, 1.165) is 4.47 Å².